The van der Waals surface area contributed by atoms with Crippen molar-refractivity contribution in [2.24, 2.45) is 0 Å². The van der Waals surface area contributed by atoms with Crippen molar-refractivity contribution < 1.29 is 0 Å². The zero-order valence-corrected chi connectivity index (χ0v) is 13.7. The van der Waals surface area contributed by atoms with E-state index in [-0.39, 0.29) is 0 Å². The molecule has 6 heteroatoms. The van der Waals surface area contributed by atoms with Gasteiger partial charge in [0.2, 0.25) is 0 Å². The van der Waals surface area contributed by atoms with Gasteiger partial charge in [-0.05, 0) is 31.2 Å². The molecule has 0 radical (unpaired) electrons. The molecule has 0 saturated heterocycles. The maximum atomic E-state index is 9.18. The van der Waals surface area contributed by atoms with E-state index in [2.05, 4.69) is 26.7 Å². The Morgan fingerprint density at radius 3 is 2.17 bits per heavy atom. The molecule has 0 unspecified atom stereocenters. The van der Waals surface area contributed by atoms with Crippen LogP contribution >= 0.6 is 11.6 Å². The first-order chi connectivity index (χ1) is 11.7. The van der Waals surface area contributed by atoms with E-state index in [4.69, 9.17) is 11.6 Å². The summed E-state index contributed by atoms with van der Waals surface area (Å²) in [6.07, 6.45) is 0. The SMILES string of the molecule is Cc1nc(Nc2ccccc2Cl)cc(Nc2ccccc2C#N)n1. The quantitative estimate of drug-likeness (QED) is 0.716. The van der Waals surface area contributed by atoms with Gasteiger partial charge in [-0.25, -0.2) is 9.97 Å². The molecule has 0 atom stereocenters. The summed E-state index contributed by atoms with van der Waals surface area (Å²) < 4.78 is 0. The van der Waals surface area contributed by atoms with Gasteiger partial charge >= 0.3 is 0 Å². The second-order valence-corrected chi connectivity index (χ2v) is 5.48. The van der Waals surface area contributed by atoms with Crippen LogP contribution in [0.25, 0.3) is 0 Å². The Labute approximate surface area is 145 Å². The number of nitriles is 1. The molecular formula is C18H14ClN5. The third-order valence-corrected chi connectivity index (χ3v) is 3.61. The summed E-state index contributed by atoms with van der Waals surface area (Å²) in [5.41, 5.74) is 2.01. The molecule has 24 heavy (non-hydrogen) atoms. The normalized spacial score (nSPS) is 10.0. The third kappa shape index (κ3) is 3.62. The molecule has 0 spiro atoms. The van der Waals surface area contributed by atoms with E-state index < -0.39 is 0 Å². The summed E-state index contributed by atoms with van der Waals surface area (Å²) >= 11 is 6.17. The Morgan fingerprint density at radius 2 is 1.50 bits per heavy atom. The molecule has 0 aliphatic carbocycles. The first-order valence-corrected chi connectivity index (χ1v) is 7.67. The van der Waals surface area contributed by atoms with Crippen LogP contribution in [0.15, 0.2) is 54.6 Å². The van der Waals surface area contributed by atoms with Gasteiger partial charge < -0.3 is 10.6 Å². The van der Waals surface area contributed by atoms with Crippen LogP contribution in [0.5, 0.6) is 0 Å². The molecule has 1 heterocycles. The maximum absolute atomic E-state index is 9.18. The number of anilines is 4. The van der Waals surface area contributed by atoms with Crippen molar-refractivity contribution in [1.82, 2.24) is 9.97 Å². The lowest BCUT2D eigenvalue weighted by Crippen LogP contribution is -2.02. The summed E-state index contributed by atoms with van der Waals surface area (Å²) in [7, 11) is 0. The third-order valence-electron chi connectivity index (χ3n) is 3.28. The first-order valence-electron chi connectivity index (χ1n) is 7.29. The Kier molecular flexibility index (Phi) is 4.59. The summed E-state index contributed by atoms with van der Waals surface area (Å²) in [6.45, 7) is 1.80. The van der Waals surface area contributed by atoms with Crippen molar-refractivity contribution in [2.75, 3.05) is 10.6 Å². The van der Waals surface area contributed by atoms with Crippen LogP contribution in [0.3, 0.4) is 0 Å². The van der Waals surface area contributed by atoms with Gasteiger partial charge in [0.1, 0.15) is 23.5 Å². The summed E-state index contributed by atoms with van der Waals surface area (Å²) in [5, 5.41) is 16.1. The first kappa shape index (κ1) is 15.8. The molecule has 3 rings (SSSR count). The second kappa shape index (κ2) is 6.99. The van der Waals surface area contributed by atoms with Gasteiger partial charge in [0.05, 0.1) is 22.0 Å². The molecule has 1 aromatic heterocycles. The Morgan fingerprint density at radius 1 is 0.917 bits per heavy atom. The minimum absolute atomic E-state index is 0.550. The molecule has 0 bridgehead atoms. The van der Waals surface area contributed by atoms with Crippen molar-refractivity contribution in [3.8, 4) is 6.07 Å². The summed E-state index contributed by atoms with van der Waals surface area (Å²) in [5.74, 6) is 1.82. The number of benzene rings is 2. The van der Waals surface area contributed by atoms with E-state index in [9.17, 15) is 5.26 Å². The minimum Gasteiger partial charge on any atom is -0.339 e. The van der Waals surface area contributed by atoms with Crippen molar-refractivity contribution in [2.45, 2.75) is 6.92 Å². The number of hydrogen-bond donors (Lipinski definition) is 2. The fraction of sp³-hybridized carbons (Fsp3) is 0.0556. The highest BCUT2D eigenvalue weighted by atomic mass is 35.5. The Bertz CT molecular complexity index is 917. The largest absolute Gasteiger partial charge is 0.339 e. The van der Waals surface area contributed by atoms with Gasteiger partial charge in [-0.3, -0.25) is 0 Å². The molecule has 2 aromatic carbocycles. The standard InChI is InChI=1S/C18H14ClN5/c1-12-21-17(23-15-8-4-2-6-13(15)11-20)10-18(22-12)24-16-9-5-3-7-14(16)19/h2-10H,1H3,(H2,21,22,23,24). The van der Waals surface area contributed by atoms with Gasteiger partial charge in [0.25, 0.3) is 0 Å². The van der Waals surface area contributed by atoms with Gasteiger partial charge in [0.15, 0.2) is 0 Å². The number of rotatable bonds is 4. The molecule has 3 aromatic rings. The molecule has 5 nitrogen and oxygen atoms in total. The summed E-state index contributed by atoms with van der Waals surface area (Å²) in [4.78, 5) is 8.73. The van der Waals surface area contributed by atoms with Gasteiger partial charge in [0, 0.05) is 6.07 Å². The van der Waals surface area contributed by atoms with Crippen molar-refractivity contribution in [1.29, 1.82) is 5.26 Å². The average Bonchev–Trinajstić information content (AvgIpc) is 2.57. The van der Waals surface area contributed by atoms with Crippen molar-refractivity contribution >= 4 is 34.6 Å². The number of aryl methyl sites for hydroxylation is 1. The fourth-order valence-corrected chi connectivity index (χ4v) is 2.41. The van der Waals surface area contributed by atoms with Crippen LogP contribution in [0.2, 0.25) is 5.02 Å². The van der Waals surface area contributed by atoms with E-state index in [0.29, 0.717) is 33.7 Å². The molecular weight excluding hydrogens is 322 g/mol. The van der Waals surface area contributed by atoms with Crippen LogP contribution in [0.1, 0.15) is 11.4 Å². The molecule has 0 aliphatic heterocycles. The number of para-hydroxylation sites is 2. The van der Waals surface area contributed by atoms with Gasteiger partial charge in [-0.15, -0.1) is 0 Å². The van der Waals surface area contributed by atoms with E-state index in [1.807, 2.05) is 36.4 Å². The molecule has 2 N–H and O–H groups in total. The summed E-state index contributed by atoms with van der Waals surface area (Å²) in [6, 6.07) is 18.6. The highest BCUT2D eigenvalue weighted by molar-refractivity contribution is 6.33. The molecule has 0 aliphatic rings. The van der Waals surface area contributed by atoms with E-state index in [1.165, 1.54) is 0 Å². The molecule has 118 valence electrons. The lowest BCUT2D eigenvalue weighted by Gasteiger charge is -2.11. The number of nitrogens with one attached hydrogen (secondary N) is 2. The number of nitrogens with zero attached hydrogens (tertiary/aromatic N) is 3. The van der Waals surface area contributed by atoms with Crippen LogP contribution < -0.4 is 10.6 Å². The lowest BCUT2D eigenvalue weighted by atomic mass is 10.2. The lowest BCUT2D eigenvalue weighted by molar-refractivity contribution is 1.06. The highest BCUT2D eigenvalue weighted by Gasteiger charge is 2.07. The smallest absolute Gasteiger partial charge is 0.136 e. The Hall–Kier alpha value is -3.10. The predicted octanol–water partition coefficient (Wildman–Crippen LogP) is 4.80. The van der Waals surface area contributed by atoms with Crippen molar-refractivity contribution in [3.05, 3.63) is 71.0 Å². The van der Waals surface area contributed by atoms with E-state index in [0.717, 1.165) is 5.69 Å². The van der Waals surface area contributed by atoms with Crippen LogP contribution in [-0.2, 0) is 0 Å². The maximum Gasteiger partial charge on any atom is 0.136 e. The monoisotopic (exact) mass is 335 g/mol. The van der Waals surface area contributed by atoms with Crippen LogP contribution in [-0.4, -0.2) is 9.97 Å². The second-order valence-electron chi connectivity index (χ2n) is 5.07. The van der Waals surface area contributed by atoms with Crippen molar-refractivity contribution in [3.63, 3.8) is 0 Å². The zero-order chi connectivity index (χ0) is 16.9. The highest BCUT2D eigenvalue weighted by Crippen LogP contribution is 2.26. The molecule has 0 saturated carbocycles. The number of aromatic nitrogens is 2. The van der Waals surface area contributed by atoms with E-state index >= 15 is 0 Å². The Balaban J connectivity index is 1.89. The van der Waals surface area contributed by atoms with Gasteiger partial charge in [-0.2, -0.15) is 5.26 Å². The minimum atomic E-state index is 0.550. The average molecular weight is 336 g/mol. The van der Waals surface area contributed by atoms with Gasteiger partial charge in [-0.1, -0.05) is 35.9 Å². The fourth-order valence-electron chi connectivity index (χ4n) is 2.22. The molecule has 0 fully saturated rings. The van der Waals surface area contributed by atoms with Crippen LogP contribution in [0, 0.1) is 18.3 Å². The zero-order valence-electron chi connectivity index (χ0n) is 12.9. The number of halogens is 1. The molecule has 0 amide bonds. The van der Waals surface area contributed by atoms with E-state index in [1.54, 1.807) is 25.1 Å². The topological polar surface area (TPSA) is 73.6 Å². The number of hydrogen-bond acceptors (Lipinski definition) is 5. The van der Waals surface area contributed by atoms with Crippen LogP contribution in [0.4, 0.5) is 23.0 Å². The predicted molar refractivity (Wildman–Crippen MR) is 95.9 cm³/mol.